The summed E-state index contributed by atoms with van der Waals surface area (Å²) >= 11 is 11.8. The Hall–Kier alpha value is -2.39. The number of nitrogens with zero attached hydrogens (tertiary/aromatic N) is 2. The predicted molar refractivity (Wildman–Crippen MR) is 85.6 cm³/mol. The van der Waals surface area contributed by atoms with Crippen molar-refractivity contribution in [1.29, 1.82) is 0 Å². The summed E-state index contributed by atoms with van der Waals surface area (Å²) in [5, 5.41) is 19.4. The quantitative estimate of drug-likeness (QED) is 0.590. The molecule has 6 nitrogen and oxygen atoms in total. The number of aliphatic hydroxyl groups excluding tert-OH is 1. The maximum Gasteiger partial charge on any atom is 0.388 e. The number of rotatable bonds is 4. The van der Waals surface area contributed by atoms with Crippen molar-refractivity contribution in [1.82, 2.24) is 9.78 Å². The summed E-state index contributed by atoms with van der Waals surface area (Å²) < 4.78 is 44.0. The molecule has 0 radical (unpaired) electrons. The van der Waals surface area contributed by atoms with Crippen LogP contribution >= 0.6 is 23.2 Å². The Labute approximate surface area is 149 Å². The molecule has 1 heterocycles. The van der Waals surface area contributed by atoms with Crippen LogP contribution in [0.5, 0.6) is 5.88 Å². The van der Waals surface area contributed by atoms with Gasteiger partial charge in [-0.05, 0) is 23.8 Å². The summed E-state index contributed by atoms with van der Waals surface area (Å²) in [6, 6.07) is 2.29. The first-order valence-corrected chi connectivity index (χ1v) is 7.07. The molecule has 0 spiro atoms. The molecular weight excluding hydrogens is 388 g/mol. The van der Waals surface area contributed by atoms with E-state index in [4.69, 9.17) is 38.2 Å². The molecular formula is C14H11Cl2F3N2O4. The van der Waals surface area contributed by atoms with Gasteiger partial charge in [-0.3, -0.25) is 4.79 Å². The Bertz CT molecular complexity index is 782. The summed E-state index contributed by atoms with van der Waals surface area (Å²) in [6.45, 7) is -3.34. The summed E-state index contributed by atoms with van der Waals surface area (Å²) in [5.41, 5.74) is 0.155. The molecule has 0 fully saturated rings. The molecule has 11 heteroatoms. The number of hydrogen-bond donors (Lipinski definition) is 2. The maximum atomic E-state index is 14.1. The molecule has 1 aromatic heterocycles. The van der Waals surface area contributed by atoms with Crippen molar-refractivity contribution in [3.05, 3.63) is 39.8 Å². The number of aryl methyl sites for hydroxylation is 1. The molecule has 0 atom stereocenters. The summed E-state index contributed by atoms with van der Waals surface area (Å²) in [5.74, 6) is -1.14. The highest BCUT2D eigenvalue weighted by molar-refractivity contribution is 6.34. The van der Waals surface area contributed by atoms with Crippen LogP contribution in [0.15, 0.2) is 18.4 Å². The Kier molecular flexibility index (Phi) is 7.59. The van der Waals surface area contributed by atoms with E-state index in [-0.39, 0.29) is 33.7 Å². The van der Waals surface area contributed by atoms with Crippen molar-refractivity contribution in [3.63, 3.8) is 0 Å². The van der Waals surface area contributed by atoms with Gasteiger partial charge in [0.25, 0.3) is 6.47 Å². The molecule has 136 valence electrons. The van der Waals surface area contributed by atoms with Gasteiger partial charge in [0.1, 0.15) is 16.5 Å². The fourth-order valence-corrected chi connectivity index (χ4v) is 2.34. The van der Waals surface area contributed by atoms with Crippen molar-refractivity contribution in [3.8, 4) is 17.1 Å². The van der Waals surface area contributed by atoms with E-state index in [0.717, 1.165) is 17.0 Å². The van der Waals surface area contributed by atoms with E-state index in [1.54, 1.807) is 0 Å². The number of ether oxygens (including phenoxy) is 1. The highest BCUT2D eigenvalue weighted by atomic mass is 35.5. The molecule has 2 N–H and O–H groups in total. The molecule has 0 saturated heterocycles. The number of aromatic nitrogens is 2. The maximum absolute atomic E-state index is 14.1. The minimum Gasteiger partial charge on any atom is -0.516 e. The topological polar surface area (TPSA) is 84.6 Å². The third-order valence-corrected chi connectivity index (χ3v) is 3.40. The minimum absolute atomic E-state index is 0.0580. The second-order valence-corrected chi connectivity index (χ2v) is 5.03. The fraction of sp³-hybridized carbons (Fsp3) is 0.143. The molecule has 0 saturated carbocycles. The van der Waals surface area contributed by atoms with Gasteiger partial charge in [0.2, 0.25) is 5.88 Å². The van der Waals surface area contributed by atoms with Gasteiger partial charge < -0.3 is 14.9 Å². The van der Waals surface area contributed by atoms with Gasteiger partial charge in [0.15, 0.2) is 0 Å². The molecule has 0 amide bonds. The highest BCUT2D eigenvalue weighted by Crippen LogP contribution is 2.38. The Morgan fingerprint density at radius 1 is 1.32 bits per heavy atom. The number of carbonyl (C=O) groups is 1. The highest BCUT2D eigenvalue weighted by Gasteiger charge is 2.23. The number of benzene rings is 1. The number of alkyl halides is 2. The lowest BCUT2D eigenvalue weighted by Gasteiger charge is -2.05. The zero-order valence-electron chi connectivity index (χ0n) is 12.5. The van der Waals surface area contributed by atoms with Crippen molar-refractivity contribution in [2.24, 2.45) is 7.05 Å². The van der Waals surface area contributed by atoms with Gasteiger partial charge >= 0.3 is 6.61 Å². The molecule has 1 aromatic carbocycles. The van der Waals surface area contributed by atoms with Gasteiger partial charge in [-0.15, -0.1) is 0 Å². The van der Waals surface area contributed by atoms with Crippen molar-refractivity contribution >= 4 is 35.8 Å². The van der Waals surface area contributed by atoms with Crippen LogP contribution in [-0.4, -0.2) is 33.1 Å². The standard InChI is InChI=1S/C13H9Cl2F3N2O2.CH2O2/c1-20-12(22-13(17)18)10(15)11(19-20)7-4-6(2-3-21)8(14)5-9(7)16;2-1-3/h2-5,13,21H,1H3;1H,(H,2,3). The zero-order chi connectivity index (χ0) is 19.1. The smallest absolute Gasteiger partial charge is 0.388 e. The zero-order valence-corrected chi connectivity index (χ0v) is 14.0. The average Bonchev–Trinajstić information content (AvgIpc) is 2.78. The van der Waals surface area contributed by atoms with E-state index in [9.17, 15) is 13.2 Å². The number of hydrogen-bond acceptors (Lipinski definition) is 4. The number of aliphatic hydroxyl groups is 1. The third-order valence-electron chi connectivity index (χ3n) is 2.74. The second kappa shape index (κ2) is 9.19. The number of halogens is 5. The SMILES string of the molecule is Cn1nc(-c2cc(C=CO)c(Cl)cc2F)c(Cl)c1OC(F)F.O=CO. The second-order valence-electron chi connectivity index (χ2n) is 4.24. The Morgan fingerprint density at radius 3 is 2.44 bits per heavy atom. The van der Waals surface area contributed by atoms with E-state index in [1.165, 1.54) is 19.2 Å². The van der Waals surface area contributed by atoms with E-state index >= 15 is 0 Å². The first-order valence-electron chi connectivity index (χ1n) is 6.32. The van der Waals surface area contributed by atoms with E-state index in [2.05, 4.69) is 9.84 Å². The first-order chi connectivity index (χ1) is 11.8. The number of carboxylic acid groups (broad SMARTS) is 1. The average molecular weight is 399 g/mol. The molecule has 0 aliphatic carbocycles. The van der Waals surface area contributed by atoms with Crippen LogP contribution in [0.2, 0.25) is 10.0 Å². The first kappa shape index (κ1) is 20.7. The summed E-state index contributed by atoms with van der Waals surface area (Å²) in [4.78, 5) is 8.36. The van der Waals surface area contributed by atoms with E-state index < -0.39 is 12.4 Å². The lowest BCUT2D eigenvalue weighted by molar-refractivity contribution is -0.122. The van der Waals surface area contributed by atoms with Crippen LogP contribution in [0.1, 0.15) is 5.56 Å². The minimum atomic E-state index is -3.09. The van der Waals surface area contributed by atoms with Crippen molar-refractivity contribution < 1.29 is 32.9 Å². The lowest BCUT2D eigenvalue weighted by atomic mass is 10.1. The summed E-state index contributed by atoms with van der Waals surface area (Å²) in [6.07, 6.45) is 1.97. The molecule has 0 aliphatic rings. The monoisotopic (exact) mass is 398 g/mol. The van der Waals surface area contributed by atoms with Crippen LogP contribution in [-0.2, 0) is 11.8 Å². The molecule has 25 heavy (non-hydrogen) atoms. The molecule has 0 unspecified atom stereocenters. The Morgan fingerprint density at radius 2 is 1.92 bits per heavy atom. The molecule has 0 aliphatic heterocycles. The third kappa shape index (κ3) is 5.04. The van der Waals surface area contributed by atoms with Gasteiger partial charge in [-0.25, -0.2) is 9.07 Å². The normalized spacial score (nSPS) is 10.7. The van der Waals surface area contributed by atoms with Crippen LogP contribution in [0, 0.1) is 5.82 Å². The van der Waals surface area contributed by atoms with Crippen molar-refractivity contribution in [2.45, 2.75) is 6.61 Å². The fourth-order valence-electron chi connectivity index (χ4n) is 1.82. The van der Waals surface area contributed by atoms with Gasteiger partial charge in [-0.1, -0.05) is 23.2 Å². The van der Waals surface area contributed by atoms with Crippen LogP contribution < -0.4 is 4.74 Å². The lowest BCUT2D eigenvalue weighted by Crippen LogP contribution is -2.06. The molecule has 0 bridgehead atoms. The molecule has 2 rings (SSSR count). The van der Waals surface area contributed by atoms with Gasteiger partial charge in [0.05, 0.1) is 11.3 Å². The predicted octanol–water partition coefficient (Wildman–Crippen LogP) is 4.36. The van der Waals surface area contributed by atoms with E-state index in [0.29, 0.717) is 5.56 Å². The van der Waals surface area contributed by atoms with Gasteiger partial charge in [-0.2, -0.15) is 13.9 Å². The van der Waals surface area contributed by atoms with Crippen LogP contribution in [0.4, 0.5) is 13.2 Å². The summed E-state index contributed by atoms with van der Waals surface area (Å²) in [7, 11) is 1.33. The van der Waals surface area contributed by atoms with E-state index in [1.807, 2.05) is 0 Å². The van der Waals surface area contributed by atoms with Gasteiger partial charge in [0, 0.05) is 12.6 Å². The van der Waals surface area contributed by atoms with Crippen LogP contribution in [0.25, 0.3) is 17.3 Å². The van der Waals surface area contributed by atoms with Crippen LogP contribution in [0.3, 0.4) is 0 Å². The largest absolute Gasteiger partial charge is 0.516 e. The molecule has 2 aromatic rings. The van der Waals surface area contributed by atoms with Crippen molar-refractivity contribution in [2.75, 3.05) is 0 Å². The Balaban J connectivity index is 0.000000970.